The highest BCUT2D eigenvalue weighted by Gasteiger charge is 2.25. The molecule has 0 spiro atoms. The Balaban J connectivity index is 1.93. The summed E-state index contributed by atoms with van der Waals surface area (Å²) in [5, 5.41) is 3.46. The quantitative estimate of drug-likeness (QED) is 0.441. The van der Waals surface area contributed by atoms with Gasteiger partial charge in [-0.3, -0.25) is 19.0 Å². The summed E-state index contributed by atoms with van der Waals surface area (Å²) in [6.07, 6.45) is 0. The van der Waals surface area contributed by atoms with Crippen molar-refractivity contribution in [3.8, 4) is 5.69 Å². The van der Waals surface area contributed by atoms with Gasteiger partial charge >= 0.3 is 5.69 Å². The second kappa shape index (κ2) is 9.52. The molecule has 2 amide bonds. The summed E-state index contributed by atoms with van der Waals surface area (Å²) in [7, 11) is 3.22. The number of nitrogens with zero attached hydrogens (tertiary/aromatic N) is 3. The number of hydrogen-bond acceptors (Lipinski definition) is 5. The molecule has 10 heteroatoms. The number of aryl methyl sites for hydroxylation is 2. The Morgan fingerprint density at radius 2 is 1.74 bits per heavy atom. The van der Waals surface area contributed by atoms with Crippen molar-refractivity contribution in [1.29, 1.82) is 0 Å². The molecule has 0 aliphatic rings. The number of fused-ring (bicyclic) bond motifs is 1. The summed E-state index contributed by atoms with van der Waals surface area (Å²) < 4.78 is 2.24. The lowest BCUT2D eigenvalue weighted by atomic mass is 10.2. The number of thiophene rings is 1. The third kappa shape index (κ3) is 4.65. The number of amides is 2. The summed E-state index contributed by atoms with van der Waals surface area (Å²) in [5.74, 6) is -0.726. The molecular formula is C25H23ClN4O4S. The second-order valence-corrected chi connectivity index (χ2v) is 9.77. The van der Waals surface area contributed by atoms with Gasteiger partial charge in [-0.1, -0.05) is 23.7 Å². The Morgan fingerprint density at radius 1 is 1.06 bits per heavy atom. The molecule has 0 aliphatic heterocycles. The molecule has 0 fully saturated rings. The summed E-state index contributed by atoms with van der Waals surface area (Å²) in [5.41, 5.74) is 1.09. The van der Waals surface area contributed by atoms with Gasteiger partial charge in [0.1, 0.15) is 11.4 Å². The molecule has 0 unspecified atom stereocenters. The Morgan fingerprint density at radius 3 is 2.37 bits per heavy atom. The minimum atomic E-state index is -0.686. The SMILES string of the molecule is Cc1cccc(NC(=O)Cn2c(=O)n(-c3ccc(Cl)cc3)c(=O)c3c(C)c(C(=O)N(C)C)sc32)c1. The van der Waals surface area contributed by atoms with Gasteiger partial charge in [0.2, 0.25) is 5.91 Å². The first kappa shape index (κ1) is 24.4. The van der Waals surface area contributed by atoms with Crippen LogP contribution >= 0.6 is 22.9 Å². The van der Waals surface area contributed by atoms with Crippen LogP contribution < -0.4 is 16.6 Å². The van der Waals surface area contributed by atoms with Crippen LogP contribution in [-0.4, -0.2) is 39.9 Å². The number of carbonyl (C=O) groups excluding carboxylic acids is 2. The van der Waals surface area contributed by atoms with Gasteiger partial charge < -0.3 is 10.2 Å². The number of benzene rings is 2. The van der Waals surface area contributed by atoms with Crippen LogP contribution in [0.25, 0.3) is 15.9 Å². The van der Waals surface area contributed by atoms with Crippen molar-refractivity contribution in [2.24, 2.45) is 0 Å². The van der Waals surface area contributed by atoms with Gasteiger partial charge in [0, 0.05) is 24.8 Å². The maximum atomic E-state index is 13.6. The zero-order valence-electron chi connectivity index (χ0n) is 19.6. The summed E-state index contributed by atoms with van der Waals surface area (Å²) in [6, 6.07) is 13.5. The molecule has 0 aliphatic carbocycles. The van der Waals surface area contributed by atoms with Gasteiger partial charge in [-0.2, -0.15) is 0 Å². The fourth-order valence-electron chi connectivity index (χ4n) is 3.78. The molecule has 0 saturated heterocycles. The fraction of sp³-hybridized carbons (Fsp3) is 0.200. The first-order chi connectivity index (χ1) is 16.6. The third-order valence-electron chi connectivity index (χ3n) is 5.50. The summed E-state index contributed by atoms with van der Waals surface area (Å²) in [6.45, 7) is 3.24. The molecule has 1 N–H and O–H groups in total. The molecule has 0 atom stereocenters. The molecule has 8 nitrogen and oxygen atoms in total. The molecule has 2 aromatic carbocycles. The van der Waals surface area contributed by atoms with Crippen LogP contribution in [-0.2, 0) is 11.3 Å². The Kier molecular flexibility index (Phi) is 6.64. The lowest BCUT2D eigenvalue weighted by Crippen LogP contribution is -2.40. The molecule has 2 heterocycles. The molecular weight excluding hydrogens is 488 g/mol. The Hall–Kier alpha value is -3.69. The second-order valence-electron chi connectivity index (χ2n) is 8.34. The van der Waals surface area contributed by atoms with E-state index in [1.807, 2.05) is 25.1 Å². The topological polar surface area (TPSA) is 93.4 Å². The van der Waals surface area contributed by atoms with E-state index in [4.69, 9.17) is 11.6 Å². The maximum absolute atomic E-state index is 13.6. The highest BCUT2D eigenvalue weighted by molar-refractivity contribution is 7.20. The van der Waals surface area contributed by atoms with E-state index in [0.717, 1.165) is 21.5 Å². The van der Waals surface area contributed by atoms with E-state index >= 15 is 0 Å². The van der Waals surface area contributed by atoms with Crippen molar-refractivity contribution in [3.63, 3.8) is 0 Å². The monoisotopic (exact) mass is 510 g/mol. The molecule has 0 radical (unpaired) electrons. The average molecular weight is 511 g/mol. The van der Waals surface area contributed by atoms with Crippen LogP contribution in [0.15, 0.2) is 58.1 Å². The largest absolute Gasteiger partial charge is 0.344 e. The van der Waals surface area contributed by atoms with E-state index in [1.54, 1.807) is 51.4 Å². The first-order valence-electron chi connectivity index (χ1n) is 10.7. The van der Waals surface area contributed by atoms with Gasteiger partial charge in [0.05, 0.1) is 16.0 Å². The number of halogens is 1. The van der Waals surface area contributed by atoms with Gasteiger partial charge in [-0.15, -0.1) is 11.3 Å². The molecule has 180 valence electrons. The normalized spacial score (nSPS) is 11.0. The van der Waals surface area contributed by atoms with Crippen LogP contribution in [0.3, 0.4) is 0 Å². The van der Waals surface area contributed by atoms with Gasteiger partial charge in [0.15, 0.2) is 0 Å². The predicted octanol–water partition coefficient (Wildman–Crippen LogP) is 3.82. The van der Waals surface area contributed by atoms with E-state index in [-0.39, 0.29) is 22.7 Å². The molecule has 2 aromatic heterocycles. The molecule has 0 saturated carbocycles. The highest BCUT2D eigenvalue weighted by Crippen LogP contribution is 2.29. The number of rotatable bonds is 5. The van der Waals surface area contributed by atoms with Crippen LogP contribution in [0.4, 0.5) is 5.69 Å². The number of anilines is 1. The zero-order chi connectivity index (χ0) is 25.4. The van der Waals surface area contributed by atoms with Gasteiger partial charge in [-0.05, 0) is 61.4 Å². The van der Waals surface area contributed by atoms with Crippen LogP contribution in [0, 0.1) is 13.8 Å². The first-order valence-corrected chi connectivity index (χ1v) is 11.9. The van der Waals surface area contributed by atoms with Crippen molar-refractivity contribution in [2.75, 3.05) is 19.4 Å². The predicted molar refractivity (Wildman–Crippen MR) is 139 cm³/mol. The fourth-order valence-corrected chi connectivity index (χ4v) is 5.22. The van der Waals surface area contributed by atoms with Crippen molar-refractivity contribution >= 4 is 50.7 Å². The van der Waals surface area contributed by atoms with Gasteiger partial charge in [0.25, 0.3) is 11.5 Å². The Bertz CT molecular complexity index is 1580. The molecule has 4 rings (SSSR count). The van der Waals surface area contributed by atoms with Crippen LogP contribution in [0.2, 0.25) is 5.02 Å². The molecule has 35 heavy (non-hydrogen) atoms. The minimum Gasteiger partial charge on any atom is -0.344 e. The van der Waals surface area contributed by atoms with Crippen molar-refractivity contribution < 1.29 is 9.59 Å². The lowest BCUT2D eigenvalue weighted by molar-refractivity contribution is -0.116. The average Bonchev–Trinajstić information content (AvgIpc) is 3.14. The number of carbonyl (C=O) groups is 2. The molecule has 4 aromatic rings. The van der Waals surface area contributed by atoms with Crippen LogP contribution in [0.1, 0.15) is 20.8 Å². The summed E-state index contributed by atoms with van der Waals surface area (Å²) in [4.78, 5) is 54.8. The summed E-state index contributed by atoms with van der Waals surface area (Å²) >= 11 is 7.02. The maximum Gasteiger partial charge on any atom is 0.337 e. The van der Waals surface area contributed by atoms with Gasteiger partial charge in [-0.25, -0.2) is 9.36 Å². The Labute approximate surface area is 210 Å². The van der Waals surface area contributed by atoms with E-state index in [0.29, 0.717) is 26.8 Å². The number of nitrogens with one attached hydrogen (secondary N) is 1. The van der Waals surface area contributed by atoms with E-state index in [9.17, 15) is 19.2 Å². The van der Waals surface area contributed by atoms with Crippen LogP contribution in [0.5, 0.6) is 0 Å². The third-order valence-corrected chi connectivity index (χ3v) is 7.06. The van der Waals surface area contributed by atoms with E-state index in [1.165, 1.54) is 9.47 Å². The lowest BCUT2D eigenvalue weighted by Gasteiger charge is -2.13. The highest BCUT2D eigenvalue weighted by atomic mass is 35.5. The van der Waals surface area contributed by atoms with Crippen molar-refractivity contribution in [2.45, 2.75) is 20.4 Å². The standard InChI is InChI=1S/C25H23ClN4O4S/c1-14-6-5-7-17(12-14)27-19(31)13-29-24-20(15(2)21(35-24)23(33)28(3)4)22(32)30(25(29)34)18-10-8-16(26)9-11-18/h5-12H,13H2,1-4H3,(H,27,31). The van der Waals surface area contributed by atoms with E-state index < -0.39 is 17.2 Å². The van der Waals surface area contributed by atoms with E-state index in [2.05, 4.69) is 5.32 Å². The smallest absolute Gasteiger partial charge is 0.337 e. The molecule has 0 bridgehead atoms. The number of aromatic nitrogens is 2. The minimum absolute atomic E-state index is 0.220. The zero-order valence-corrected chi connectivity index (χ0v) is 21.2. The van der Waals surface area contributed by atoms with Crippen molar-refractivity contribution in [3.05, 3.63) is 90.4 Å². The van der Waals surface area contributed by atoms with Crippen molar-refractivity contribution in [1.82, 2.24) is 14.0 Å². The number of hydrogen-bond donors (Lipinski definition) is 1.